The number of nitrogen functional groups attached to an aromatic ring is 2. The van der Waals surface area contributed by atoms with Crippen LogP contribution >= 0.6 is 34.3 Å². The predicted molar refractivity (Wildman–Crippen MR) is 94.8 cm³/mol. The minimum Gasteiger partial charge on any atom is -0.506 e. The van der Waals surface area contributed by atoms with Gasteiger partial charge in [0.1, 0.15) is 27.2 Å². The van der Waals surface area contributed by atoms with E-state index in [1.54, 1.807) is 18.2 Å². The van der Waals surface area contributed by atoms with Gasteiger partial charge in [-0.3, -0.25) is 0 Å². The Labute approximate surface area is 142 Å². The van der Waals surface area contributed by atoms with Gasteiger partial charge in [0.25, 0.3) is 0 Å². The number of thiazole rings is 2. The number of nitrogens with zero attached hydrogens (tertiary/aromatic N) is 2. The number of halogens is 1. The molecule has 0 fully saturated rings. The third kappa shape index (κ3) is 2.31. The van der Waals surface area contributed by atoms with Crippen LogP contribution in [0, 0.1) is 0 Å². The number of nitrogens with two attached hydrogens (primary N) is 2. The molecule has 4 aromatic rings. The number of benzene rings is 2. The van der Waals surface area contributed by atoms with Gasteiger partial charge in [0.15, 0.2) is 16.0 Å². The van der Waals surface area contributed by atoms with Crippen LogP contribution in [0.1, 0.15) is 0 Å². The monoisotopic (exact) mass is 364 g/mol. The third-order valence-electron chi connectivity index (χ3n) is 3.20. The van der Waals surface area contributed by atoms with Gasteiger partial charge < -0.3 is 21.3 Å². The molecule has 2 aromatic heterocycles. The Morgan fingerprint density at radius 1 is 0.913 bits per heavy atom. The summed E-state index contributed by atoms with van der Waals surface area (Å²) in [4.78, 5) is 8.38. The highest BCUT2D eigenvalue weighted by molar-refractivity contribution is 7.23. The molecule has 0 aliphatic carbocycles. The van der Waals surface area contributed by atoms with E-state index in [1.165, 1.54) is 28.7 Å². The summed E-state index contributed by atoms with van der Waals surface area (Å²) in [6, 6.07) is 6.63. The average molecular weight is 365 g/mol. The summed E-state index contributed by atoms with van der Waals surface area (Å²) in [5, 5.41) is 11.2. The molecule has 5 N–H and O–H groups in total. The summed E-state index contributed by atoms with van der Waals surface area (Å²) < 4.78 is 7.40. The number of ether oxygens (including phenoxy) is 1. The van der Waals surface area contributed by atoms with Crippen molar-refractivity contribution in [1.29, 1.82) is 0 Å². The van der Waals surface area contributed by atoms with Gasteiger partial charge in [-0.2, -0.15) is 0 Å². The topological polar surface area (TPSA) is 107 Å². The van der Waals surface area contributed by atoms with Gasteiger partial charge in [-0.1, -0.05) is 34.3 Å². The van der Waals surface area contributed by atoms with Gasteiger partial charge in [0, 0.05) is 0 Å². The Bertz CT molecular complexity index is 976. The van der Waals surface area contributed by atoms with E-state index >= 15 is 0 Å². The Kier molecular flexibility index (Phi) is 3.19. The highest BCUT2D eigenvalue weighted by atomic mass is 35.5. The first-order valence-corrected chi connectivity index (χ1v) is 8.44. The van der Waals surface area contributed by atoms with Crippen molar-refractivity contribution in [3.8, 4) is 17.2 Å². The summed E-state index contributed by atoms with van der Waals surface area (Å²) in [5.74, 6) is 1.11. The maximum absolute atomic E-state index is 9.87. The first-order valence-electron chi connectivity index (χ1n) is 6.43. The van der Waals surface area contributed by atoms with Crippen molar-refractivity contribution in [3.05, 3.63) is 29.3 Å². The maximum Gasteiger partial charge on any atom is 0.181 e. The van der Waals surface area contributed by atoms with Gasteiger partial charge >= 0.3 is 0 Å². The fourth-order valence-electron chi connectivity index (χ4n) is 2.24. The normalized spacial score (nSPS) is 11.3. The van der Waals surface area contributed by atoms with Crippen molar-refractivity contribution in [2.24, 2.45) is 0 Å². The van der Waals surface area contributed by atoms with Crippen molar-refractivity contribution < 1.29 is 9.84 Å². The van der Waals surface area contributed by atoms with Gasteiger partial charge in [0.05, 0.1) is 9.72 Å². The number of hydrogen-bond donors (Lipinski definition) is 3. The molecule has 4 rings (SSSR count). The van der Waals surface area contributed by atoms with Gasteiger partial charge in [0.2, 0.25) is 0 Å². The molecule has 2 aromatic carbocycles. The minimum absolute atomic E-state index is 0.0551. The molecule has 0 aliphatic rings. The summed E-state index contributed by atoms with van der Waals surface area (Å²) in [7, 11) is 0. The van der Waals surface area contributed by atoms with E-state index in [2.05, 4.69) is 9.97 Å². The standard InChI is InChI=1S/C14H9ClN4O2S2/c15-5-1-3-7(10-11(5)22-14(17)19-10)21-8-4-2-6(20)9-12(8)23-13(16)18-9/h1-4,20H,(H2,16,18)(H2,17,19). The van der Waals surface area contributed by atoms with Crippen LogP contribution in [0.25, 0.3) is 20.4 Å². The molecular formula is C14H9ClN4O2S2. The van der Waals surface area contributed by atoms with Crippen molar-refractivity contribution in [1.82, 2.24) is 9.97 Å². The molecule has 6 nitrogen and oxygen atoms in total. The minimum atomic E-state index is 0.0551. The molecule has 0 amide bonds. The number of aromatic hydroxyl groups is 1. The highest BCUT2D eigenvalue weighted by Gasteiger charge is 2.16. The van der Waals surface area contributed by atoms with Crippen LogP contribution in [0.4, 0.5) is 10.3 Å². The first-order chi connectivity index (χ1) is 11.0. The number of phenols is 1. The summed E-state index contributed by atoms with van der Waals surface area (Å²) in [5.41, 5.74) is 12.5. The molecule has 2 heterocycles. The fourth-order valence-corrected chi connectivity index (χ4v) is 4.06. The molecule has 9 heteroatoms. The third-order valence-corrected chi connectivity index (χ3v) is 5.44. The van der Waals surface area contributed by atoms with Crippen molar-refractivity contribution in [3.63, 3.8) is 0 Å². The van der Waals surface area contributed by atoms with Crippen LogP contribution in [0.15, 0.2) is 24.3 Å². The van der Waals surface area contributed by atoms with Gasteiger partial charge in [-0.15, -0.1) is 0 Å². The SMILES string of the molecule is Nc1nc2c(Oc3ccc(O)c4nc(N)sc34)ccc(Cl)c2s1. The van der Waals surface area contributed by atoms with E-state index < -0.39 is 0 Å². The van der Waals surface area contributed by atoms with E-state index in [1.807, 2.05) is 0 Å². The van der Waals surface area contributed by atoms with E-state index in [0.29, 0.717) is 42.5 Å². The molecule has 116 valence electrons. The fraction of sp³-hybridized carbons (Fsp3) is 0. The lowest BCUT2D eigenvalue weighted by Gasteiger charge is -2.08. The highest BCUT2D eigenvalue weighted by Crippen LogP contribution is 2.42. The van der Waals surface area contributed by atoms with E-state index in [0.717, 1.165) is 4.70 Å². The van der Waals surface area contributed by atoms with Gasteiger partial charge in [-0.05, 0) is 24.3 Å². The molecule has 0 bridgehead atoms. The zero-order valence-electron chi connectivity index (χ0n) is 11.4. The number of anilines is 2. The number of phenolic OH excluding ortho intramolecular Hbond substituents is 1. The average Bonchev–Trinajstić information content (AvgIpc) is 3.08. The number of fused-ring (bicyclic) bond motifs is 2. The second-order valence-electron chi connectivity index (χ2n) is 4.69. The smallest absolute Gasteiger partial charge is 0.181 e. The Morgan fingerprint density at radius 3 is 2.35 bits per heavy atom. The second kappa shape index (κ2) is 5.12. The quantitative estimate of drug-likeness (QED) is 0.491. The van der Waals surface area contributed by atoms with Crippen LogP contribution in [0.5, 0.6) is 17.2 Å². The Hall–Kier alpha value is -2.29. The molecule has 0 spiro atoms. The molecule has 0 saturated heterocycles. The van der Waals surface area contributed by atoms with E-state index in [-0.39, 0.29) is 5.75 Å². The van der Waals surface area contributed by atoms with Crippen molar-refractivity contribution >= 4 is 65.0 Å². The molecule has 0 unspecified atom stereocenters. The molecule has 0 aliphatic heterocycles. The molecule has 0 radical (unpaired) electrons. The number of rotatable bonds is 2. The summed E-state index contributed by atoms with van der Waals surface area (Å²) >= 11 is 8.70. The lowest BCUT2D eigenvalue weighted by atomic mass is 10.3. The Balaban J connectivity index is 1.89. The molecule has 23 heavy (non-hydrogen) atoms. The van der Waals surface area contributed by atoms with E-state index in [4.69, 9.17) is 27.8 Å². The largest absolute Gasteiger partial charge is 0.506 e. The van der Waals surface area contributed by atoms with Crippen LogP contribution in [-0.4, -0.2) is 15.1 Å². The molecule has 0 saturated carbocycles. The summed E-state index contributed by atoms with van der Waals surface area (Å²) in [6.07, 6.45) is 0. The Morgan fingerprint density at radius 2 is 1.57 bits per heavy atom. The number of hydrogen-bond acceptors (Lipinski definition) is 8. The second-order valence-corrected chi connectivity index (χ2v) is 7.16. The summed E-state index contributed by atoms with van der Waals surface area (Å²) in [6.45, 7) is 0. The van der Waals surface area contributed by atoms with Crippen molar-refractivity contribution in [2.75, 3.05) is 11.5 Å². The lowest BCUT2D eigenvalue weighted by Crippen LogP contribution is -1.87. The number of aromatic nitrogens is 2. The predicted octanol–water partition coefficient (Wildman–Crippen LogP) is 4.22. The first kappa shape index (κ1) is 14.3. The maximum atomic E-state index is 9.87. The van der Waals surface area contributed by atoms with Crippen LogP contribution in [0.2, 0.25) is 5.02 Å². The van der Waals surface area contributed by atoms with Crippen LogP contribution < -0.4 is 16.2 Å². The van der Waals surface area contributed by atoms with Crippen molar-refractivity contribution in [2.45, 2.75) is 0 Å². The van der Waals surface area contributed by atoms with E-state index in [9.17, 15) is 5.11 Å². The molecule has 0 atom stereocenters. The van der Waals surface area contributed by atoms with Gasteiger partial charge in [-0.25, -0.2) is 9.97 Å². The zero-order chi connectivity index (χ0) is 16.1. The van der Waals surface area contributed by atoms with Crippen LogP contribution in [-0.2, 0) is 0 Å². The molecular weight excluding hydrogens is 356 g/mol. The zero-order valence-corrected chi connectivity index (χ0v) is 13.8. The van der Waals surface area contributed by atoms with Crippen LogP contribution in [0.3, 0.4) is 0 Å². The lowest BCUT2D eigenvalue weighted by molar-refractivity contribution is 0.474.